The number of hydrogen-bond donors (Lipinski definition) is 1. The van der Waals surface area contributed by atoms with Crippen molar-refractivity contribution in [3.05, 3.63) is 43.0 Å². The van der Waals surface area contributed by atoms with Crippen molar-refractivity contribution in [2.75, 3.05) is 0 Å². The number of aryl methyl sites for hydroxylation is 2. The molecule has 1 heterocycles. The van der Waals surface area contributed by atoms with Crippen LogP contribution in [-0.4, -0.2) is 20.7 Å². The van der Waals surface area contributed by atoms with Crippen LogP contribution < -0.4 is 0 Å². The smallest absolute Gasteiger partial charge is 0.220 e. The van der Waals surface area contributed by atoms with Gasteiger partial charge in [0.05, 0.1) is 25.8 Å². The zero-order valence-electron chi connectivity index (χ0n) is 10.3. The third kappa shape index (κ3) is 2.37. The van der Waals surface area contributed by atoms with Crippen molar-refractivity contribution in [2.45, 2.75) is 6.92 Å². The third-order valence-corrected chi connectivity index (χ3v) is 4.52. The number of nitrogens with zero attached hydrogens (tertiary/aromatic N) is 2. The fourth-order valence-corrected chi connectivity index (χ4v) is 2.67. The van der Waals surface area contributed by atoms with Crippen LogP contribution in [0.4, 0.5) is 0 Å². The molecule has 8 heteroatoms. The van der Waals surface area contributed by atoms with Crippen molar-refractivity contribution < 1.29 is 9.90 Å². The number of benzene rings is 1. The Labute approximate surface area is 134 Å². The summed E-state index contributed by atoms with van der Waals surface area (Å²) in [5, 5.41) is 14.0. The lowest BCUT2D eigenvalue weighted by molar-refractivity contribution is 0.103. The molecule has 1 aromatic carbocycles. The van der Waals surface area contributed by atoms with E-state index in [1.54, 1.807) is 6.92 Å². The molecule has 0 aliphatic heterocycles. The average Bonchev–Trinajstić information content (AvgIpc) is 2.64. The minimum atomic E-state index is -0.529. The molecule has 1 N–H and O–H groups in total. The highest BCUT2D eigenvalue weighted by atomic mass is 35.5. The Balaban J connectivity index is 2.66. The van der Waals surface area contributed by atoms with Gasteiger partial charge in [-0.3, -0.25) is 4.79 Å². The molecule has 2 aromatic rings. The molecule has 0 aliphatic rings. The van der Waals surface area contributed by atoms with E-state index in [9.17, 15) is 9.90 Å². The minimum absolute atomic E-state index is 0.00906. The normalized spacial score (nSPS) is 10.9. The Morgan fingerprint density at radius 1 is 1.20 bits per heavy atom. The standard InChI is InChI=1S/C12H8Cl4N2O2/c1-4-7(12(20)18(2)17-4)11(19)5-3-6(13)9(15)10(16)8(5)14/h3,20H,1-2H3. The molecule has 0 atom stereocenters. The van der Waals surface area contributed by atoms with Gasteiger partial charge in [-0.2, -0.15) is 5.10 Å². The van der Waals surface area contributed by atoms with E-state index in [1.807, 2.05) is 0 Å². The van der Waals surface area contributed by atoms with Crippen molar-refractivity contribution in [1.82, 2.24) is 9.78 Å². The molecule has 0 aliphatic carbocycles. The summed E-state index contributed by atoms with van der Waals surface area (Å²) in [6.07, 6.45) is 0. The van der Waals surface area contributed by atoms with E-state index in [0.717, 1.165) is 0 Å². The van der Waals surface area contributed by atoms with Crippen LogP contribution in [0.5, 0.6) is 5.88 Å². The van der Waals surface area contributed by atoms with Gasteiger partial charge in [-0.1, -0.05) is 46.4 Å². The Morgan fingerprint density at radius 3 is 2.30 bits per heavy atom. The van der Waals surface area contributed by atoms with Crippen LogP contribution in [0.3, 0.4) is 0 Å². The van der Waals surface area contributed by atoms with Crippen LogP contribution >= 0.6 is 46.4 Å². The van der Waals surface area contributed by atoms with Gasteiger partial charge in [-0.15, -0.1) is 0 Å². The second kappa shape index (κ2) is 5.45. The van der Waals surface area contributed by atoms with Gasteiger partial charge < -0.3 is 5.11 Å². The lowest BCUT2D eigenvalue weighted by Gasteiger charge is -2.08. The van der Waals surface area contributed by atoms with Crippen LogP contribution in [-0.2, 0) is 7.05 Å². The zero-order valence-corrected chi connectivity index (χ0v) is 13.4. The van der Waals surface area contributed by atoms with E-state index in [1.165, 1.54) is 17.8 Å². The number of carbonyl (C=O) groups excluding carboxylic acids is 1. The highest BCUT2D eigenvalue weighted by molar-refractivity contribution is 6.53. The number of halogens is 4. The molecule has 2 rings (SSSR count). The maximum absolute atomic E-state index is 12.5. The first-order valence-corrected chi connectivity index (χ1v) is 6.87. The molecule has 0 unspecified atom stereocenters. The Morgan fingerprint density at radius 2 is 1.80 bits per heavy atom. The summed E-state index contributed by atoms with van der Waals surface area (Å²) >= 11 is 23.7. The highest BCUT2D eigenvalue weighted by Gasteiger charge is 2.25. The molecular formula is C12H8Cl4N2O2. The summed E-state index contributed by atoms with van der Waals surface area (Å²) in [5.41, 5.74) is 0.467. The van der Waals surface area contributed by atoms with Gasteiger partial charge in [-0.05, 0) is 13.0 Å². The molecule has 106 valence electrons. The topological polar surface area (TPSA) is 55.1 Å². The van der Waals surface area contributed by atoms with Crippen molar-refractivity contribution in [3.8, 4) is 5.88 Å². The summed E-state index contributed by atoms with van der Waals surface area (Å²) in [7, 11) is 1.52. The Kier molecular flexibility index (Phi) is 4.21. The van der Waals surface area contributed by atoms with Gasteiger partial charge in [0.1, 0.15) is 5.56 Å². The summed E-state index contributed by atoms with van der Waals surface area (Å²) in [6, 6.07) is 1.31. The summed E-state index contributed by atoms with van der Waals surface area (Å²) in [5.74, 6) is -0.788. The Bertz CT molecular complexity index is 725. The van der Waals surface area contributed by atoms with Gasteiger partial charge in [0.15, 0.2) is 0 Å². The maximum Gasteiger partial charge on any atom is 0.220 e. The third-order valence-electron chi connectivity index (χ3n) is 2.77. The minimum Gasteiger partial charge on any atom is -0.493 e. The quantitative estimate of drug-likeness (QED) is 0.498. The first-order valence-electron chi connectivity index (χ1n) is 5.36. The second-order valence-corrected chi connectivity index (χ2v) is 5.63. The predicted molar refractivity (Wildman–Crippen MR) is 79.5 cm³/mol. The number of aromatic nitrogens is 2. The summed E-state index contributed by atoms with van der Waals surface area (Å²) in [6.45, 7) is 1.60. The van der Waals surface area contributed by atoms with E-state index in [4.69, 9.17) is 46.4 Å². The number of carbonyl (C=O) groups is 1. The predicted octanol–water partition coefficient (Wildman–Crippen LogP) is 4.28. The van der Waals surface area contributed by atoms with E-state index in [2.05, 4.69) is 5.10 Å². The van der Waals surface area contributed by atoms with E-state index in [0.29, 0.717) is 5.69 Å². The molecule has 0 saturated heterocycles. The van der Waals surface area contributed by atoms with Crippen molar-refractivity contribution in [1.29, 1.82) is 0 Å². The SMILES string of the molecule is Cc1nn(C)c(O)c1C(=O)c1cc(Cl)c(Cl)c(Cl)c1Cl. The average molecular weight is 354 g/mol. The molecule has 0 bridgehead atoms. The largest absolute Gasteiger partial charge is 0.493 e. The van der Waals surface area contributed by atoms with Gasteiger partial charge in [0.2, 0.25) is 11.7 Å². The molecule has 20 heavy (non-hydrogen) atoms. The van der Waals surface area contributed by atoms with Crippen molar-refractivity contribution in [2.24, 2.45) is 7.05 Å². The first-order chi connectivity index (χ1) is 9.25. The van der Waals surface area contributed by atoms with E-state index in [-0.39, 0.29) is 37.1 Å². The number of hydrogen-bond acceptors (Lipinski definition) is 3. The second-order valence-electron chi connectivity index (χ2n) is 4.08. The van der Waals surface area contributed by atoms with Gasteiger partial charge in [0.25, 0.3) is 0 Å². The summed E-state index contributed by atoms with van der Waals surface area (Å²) < 4.78 is 1.19. The number of rotatable bonds is 2. The molecule has 0 radical (unpaired) electrons. The van der Waals surface area contributed by atoms with Gasteiger partial charge in [0, 0.05) is 12.6 Å². The Hall–Kier alpha value is -0.940. The van der Waals surface area contributed by atoms with Gasteiger partial charge in [-0.25, -0.2) is 4.68 Å². The molecule has 0 fully saturated rings. The fourth-order valence-electron chi connectivity index (χ4n) is 1.78. The first kappa shape index (κ1) is 15.4. The van der Waals surface area contributed by atoms with Crippen LogP contribution in [0.1, 0.15) is 21.6 Å². The number of aromatic hydroxyl groups is 1. The highest BCUT2D eigenvalue weighted by Crippen LogP contribution is 2.39. The maximum atomic E-state index is 12.5. The van der Waals surface area contributed by atoms with Gasteiger partial charge >= 0.3 is 0 Å². The zero-order chi connectivity index (χ0) is 15.2. The molecule has 0 amide bonds. The molecule has 0 saturated carbocycles. The van der Waals surface area contributed by atoms with Crippen LogP contribution in [0, 0.1) is 6.92 Å². The molecule has 1 aromatic heterocycles. The van der Waals surface area contributed by atoms with Crippen LogP contribution in [0.2, 0.25) is 20.1 Å². The lowest BCUT2D eigenvalue weighted by Crippen LogP contribution is -2.04. The fraction of sp³-hybridized carbons (Fsp3) is 0.167. The van der Waals surface area contributed by atoms with Crippen molar-refractivity contribution >= 4 is 52.2 Å². The molecule has 4 nitrogen and oxygen atoms in total. The van der Waals surface area contributed by atoms with E-state index >= 15 is 0 Å². The van der Waals surface area contributed by atoms with E-state index < -0.39 is 5.78 Å². The lowest BCUT2D eigenvalue weighted by atomic mass is 10.0. The summed E-state index contributed by atoms with van der Waals surface area (Å²) in [4.78, 5) is 12.5. The molecular weight excluding hydrogens is 346 g/mol. The number of ketones is 1. The van der Waals surface area contributed by atoms with Crippen molar-refractivity contribution in [3.63, 3.8) is 0 Å². The molecule has 0 spiro atoms. The van der Waals surface area contributed by atoms with Crippen LogP contribution in [0.15, 0.2) is 6.07 Å². The van der Waals surface area contributed by atoms with Crippen LogP contribution in [0.25, 0.3) is 0 Å². The monoisotopic (exact) mass is 352 g/mol.